The molecule has 0 bridgehead atoms. The summed E-state index contributed by atoms with van der Waals surface area (Å²) in [7, 11) is 0. The van der Waals surface area contributed by atoms with Gasteiger partial charge in [0.25, 0.3) is 5.91 Å². The van der Waals surface area contributed by atoms with Gasteiger partial charge in [-0.1, -0.05) is 0 Å². The number of aliphatic hydroxyl groups is 1. The lowest BCUT2D eigenvalue weighted by Crippen LogP contribution is -2.47. The van der Waals surface area contributed by atoms with Crippen molar-refractivity contribution in [3.63, 3.8) is 0 Å². The summed E-state index contributed by atoms with van der Waals surface area (Å²) in [5.41, 5.74) is 1.07. The third-order valence-electron chi connectivity index (χ3n) is 4.92. The number of nitrogens with one attached hydrogen (secondary N) is 1. The molecule has 1 aliphatic carbocycles. The Morgan fingerprint density at radius 2 is 2.07 bits per heavy atom. The molecule has 2 N–H and O–H groups in total. The van der Waals surface area contributed by atoms with Gasteiger partial charge in [-0.2, -0.15) is 5.10 Å². The van der Waals surface area contributed by atoms with Gasteiger partial charge in [0.15, 0.2) is 0 Å². The van der Waals surface area contributed by atoms with Crippen molar-refractivity contribution in [2.75, 3.05) is 0 Å². The van der Waals surface area contributed by atoms with Gasteiger partial charge in [0.05, 0.1) is 30.2 Å². The lowest BCUT2D eigenvalue weighted by Gasteiger charge is -2.33. The van der Waals surface area contributed by atoms with Crippen LogP contribution in [0.4, 0.5) is 0 Å². The molecule has 1 saturated carbocycles. The Bertz CT molecular complexity index is 945. The van der Waals surface area contributed by atoms with Gasteiger partial charge in [-0.15, -0.1) is 0 Å². The van der Waals surface area contributed by atoms with Crippen LogP contribution in [0.15, 0.2) is 43.1 Å². The van der Waals surface area contributed by atoms with Crippen molar-refractivity contribution < 1.29 is 9.90 Å². The van der Waals surface area contributed by atoms with E-state index in [4.69, 9.17) is 0 Å². The van der Waals surface area contributed by atoms with Gasteiger partial charge in [0, 0.05) is 24.5 Å². The Morgan fingerprint density at radius 3 is 2.82 bits per heavy atom. The minimum Gasteiger partial charge on any atom is -0.391 e. The van der Waals surface area contributed by atoms with E-state index in [0.29, 0.717) is 18.7 Å². The van der Waals surface area contributed by atoms with Crippen LogP contribution in [-0.2, 0) is 0 Å². The molecule has 3 aromatic heterocycles. The van der Waals surface area contributed by atoms with Crippen LogP contribution in [0.3, 0.4) is 0 Å². The van der Waals surface area contributed by atoms with E-state index in [1.807, 2.05) is 19.1 Å². The van der Waals surface area contributed by atoms with Gasteiger partial charge in [0.1, 0.15) is 17.3 Å². The number of aryl methyl sites for hydroxylation is 1. The summed E-state index contributed by atoms with van der Waals surface area (Å²) in [5, 5.41) is 17.8. The number of aliphatic hydroxyl groups excluding tert-OH is 1. The van der Waals surface area contributed by atoms with Gasteiger partial charge in [-0.05, 0) is 38.3 Å². The first-order valence-corrected chi connectivity index (χ1v) is 9.20. The largest absolute Gasteiger partial charge is 0.391 e. The molecular formula is C19H21N7O2. The van der Waals surface area contributed by atoms with E-state index in [1.54, 1.807) is 17.1 Å². The highest BCUT2D eigenvalue weighted by Crippen LogP contribution is 2.33. The first-order valence-electron chi connectivity index (χ1n) is 9.20. The normalized spacial score (nSPS) is 22.0. The number of carbonyl (C=O) groups is 1. The van der Waals surface area contributed by atoms with Crippen LogP contribution in [0.25, 0.3) is 5.69 Å². The first-order chi connectivity index (χ1) is 13.6. The molecule has 0 spiro atoms. The lowest BCUT2D eigenvalue weighted by molar-refractivity contribution is 0.0667. The maximum atomic E-state index is 12.4. The topological polar surface area (TPSA) is 119 Å². The maximum Gasteiger partial charge on any atom is 0.271 e. The molecule has 9 nitrogen and oxygen atoms in total. The van der Waals surface area contributed by atoms with Crippen molar-refractivity contribution >= 4 is 5.91 Å². The molecule has 3 heterocycles. The molecule has 144 valence electrons. The van der Waals surface area contributed by atoms with Gasteiger partial charge >= 0.3 is 0 Å². The molecule has 0 aromatic carbocycles. The van der Waals surface area contributed by atoms with E-state index < -0.39 is 12.1 Å². The van der Waals surface area contributed by atoms with Crippen LogP contribution in [0, 0.1) is 6.92 Å². The Labute approximate surface area is 161 Å². The van der Waals surface area contributed by atoms with Gasteiger partial charge < -0.3 is 10.4 Å². The smallest absolute Gasteiger partial charge is 0.271 e. The number of rotatable bonds is 4. The molecule has 3 aromatic rings. The van der Waals surface area contributed by atoms with E-state index in [-0.39, 0.29) is 17.5 Å². The average molecular weight is 379 g/mol. The second-order valence-electron chi connectivity index (χ2n) is 6.89. The number of amides is 1. The van der Waals surface area contributed by atoms with Crippen molar-refractivity contribution in [3.05, 3.63) is 60.5 Å². The number of carbonyl (C=O) groups excluding carboxylic acids is 1. The zero-order valence-corrected chi connectivity index (χ0v) is 15.4. The van der Waals surface area contributed by atoms with Gasteiger partial charge in [-0.3, -0.25) is 14.8 Å². The summed E-state index contributed by atoms with van der Waals surface area (Å²) in [6.07, 6.45) is 9.10. The van der Waals surface area contributed by atoms with E-state index >= 15 is 0 Å². The molecule has 0 unspecified atom stereocenters. The fourth-order valence-corrected chi connectivity index (χ4v) is 3.57. The molecule has 4 rings (SSSR count). The van der Waals surface area contributed by atoms with Crippen molar-refractivity contribution in [3.8, 4) is 5.69 Å². The van der Waals surface area contributed by atoms with E-state index in [9.17, 15) is 9.90 Å². The number of hydrogen-bond donors (Lipinski definition) is 2. The summed E-state index contributed by atoms with van der Waals surface area (Å²) >= 11 is 0. The maximum absolute atomic E-state index is 12.4. The minimum absolute atomic E-state index is 0.0527. The fraction of sp³-hybridized carbons (Fsp3) is 0.368. The number of hydrogen-bond acceptors (Lipinski definition) is 7. The van der Waals surface area contributed by atoms with Crippen LogP contribution in [0.1, 0.15) is 47.3 Å². The molecule has 1 aliphatic rings. The molecule has 0 saturated heterocycles. The SMILES string of the molecule is Cc1nc([C@H]2CC[C@@H](O)[C@H](NC(=O)c3cnccn3)C2)n(-c2cccnc2)n1. The molecule has 0 radical (unpaired) electrons. The van der Waals surface area contributed by atoms with Gasteiger partial charge in [-0.25, -0.2) is 14.6 Å². The minimum atomic E-state index is -0.618. The summed E-state index contributed by atoms with van der Waals surface area (Å²) in [4.78, 5) is 29.1. The van der Waals surface area contributed by atoms with Crippen LogP contribution < -0.4 is 5.32 Å². The Kier molecular flexibility index (Phi) is 5.07. The van der Waals surface area contributed by atoms with E-state index in [1.165, 1.54) is 18.6 Å². The zero-order valence-electron chi connectivity index (χ0n) is 15.4. The highest BCUT2D eigenvalue weighted by molar-refractivity contribution is 5.92. The quantitative estimate of drug-likeness (QED) is 0.699. The van der Waals surface area contributed by atoms with Crippen LogP contribution in [0.5, 0.6) is 0 Å². The first kappa shape index (κ1) is 18.2. The average Bonchev–Trinajstić information content (AvgIpc) is 3.12. The molecule has 9 heteroatoms. The monoisotopic (exact) mass is 379 g/mol. The number of nitrogens with zero attached hydrogens (tertiary/aromatic N) is 6. The van der Waals surface area contributed by atoms with Crippen molar-refractivity contribution in [2.45, 2.75) is 44.2 Å². The Balaban J connectivity index is 1.55. The fourth-order valence-electron chi connectivity index (χ4n) is 3.57. The summed E-state index contributed by atoms with van der Waals surface area (Å²) in [6.45, 7) is 1.85. The molecular weight excluding hydrogens is 358 g/mol. The molecule has 1 fully saturated rings. The van der Waals surface area contributed by atoms with Crippen molar-refractivity contribution in [2.24, 2.45) is 0 Å². The predicted octanol–water partition coefficient (Wildman–Crippen LogP) is 1.19. The summed E-state index contributed by atoms with van der Waals surface area (Å²) < 4.78 is 1.80. The van der Waals surface area contributed by atoms with Crippen LogP contribution in [-0.4, -0.2) is 52.9 Å². The number of pyridine rings is 1. The Hall–Kier alpha value is -3.20. The van der Waals surface area contributed by atoms with Crippen molar-refractivity contribution in [1.29, 1.82) is 0 Å². The molecule has 28 heavy (non-hydrogen) atoms. The summed E-state index contributed by atoms with van der Waals surface area (Å²) in [5.74, 6) is 1.20. The molecule has 0 aliphatic heterocycles. The van der Waals surface area contributed by atoms with Gasteiger partial charge in [0.2, 0.25) is 0 Å². The molecule has 1 amide bonds. The lowest BCUT2D eigenvalue weighted by atomic mass is 9.83. The Morgan fingerprint density at radius 1 is 1.21 bits per heavy atom. The highest BCUT2D eigenvalue weighted by atomic mass is 16.3. The highest BCUT2D eigenvalue weighted by Gasteiger charge is 2.34. The zero-order chi connectivity index (χ0) is 19.5. The second kappa shape index (κ2) is 7.81. The van der Waals surface area contributed by atoms with Crippen LogP contribution in [0.2, 0.25) is 0 Å². The van der Waals surface area contributed by atoms with E-state index in [2.05, 4.69) is 30.4 Å². The second-order valence-corrected chi connectivity index (χ2v) is 6.89. The number of aromatic nitrogens is 6. The van der Waals surface area contributed by atoms with Crippen LogP contribution >= 0.6 is 0 Å². The third-order valence-corrected chi connectivity index (χ3v) is 4.92. The van der Waals surface area contributed by atoms with Crippen molar-refractivity contribution in [1.82, 2.24) is 35.0 Å². The predicted molar refractivity (Wildman–Crippen MR) is 99.8 cm³/mol. The third kappa shape index (κ3) is 3.74. The standard InChI is InChI=1S/C19H21N7O2/c1-12-23-18(26(25-12)14-3-2-6-20-10-14)13-4-5-17(27)15(9-13)24-19(28)16-11-21-7-8-22-16/h2-3,6-8,10-11,13,15,17,27H,4-5,9H2,1H3,(H,24,28)/t13-,15+,17+/m0/s1. The van der Waals surface area contributed by atoms with E-state index in [0.717, 1.165) is 17.9 Å². The summed E-state index contributed by atoms with van der Waals surface area (Å²) in [6, 6.07) is 3.38. The molecule has 3 atom stereocenters.